The minimum Gasteiger partial charge on any atom is -0.480 e. The van der Waals surface area contributed by atoms with Gasteiger partial charge in [-0.05, 0) is 26.3 Å². The molecule has 0 spiro atoms. The van der Waals surface area contributed by atoms with E-state index >= 15 is 0 Å². The molecular weight excluding hydrogens is 170 g/mol. The summed E-state index contributed by atoms with van der Waals surface area (Å²) in [5.74, 6) is -0.753. The highest BCUT2D eigenvalue weighted by Crippen LogP contribution is 2.14. The van der Waals surface area contributed by atoms with E-state index in [1.165, 1.54) is 0 Å². The number of methoxy groups -OCH3 is 1. The fourth-order valence-corrected chi connectivity index (χ4v) is 1.67. The molecule has 1 rings (SSSR count). The van der Waals surface area contributed by atoms with Crippen molar-refractivity contribution >= 4 is 5.97 Å². The second-order valence-electron chi connectivity index (χ2n) is 3.51. The summed E-state index contributed by atoms with van der Waals surface area (Å²) < 4.78 is 5.22. The van der Waals surface area contributed by atoms with E-state index in [0.29, 0.717) is 0 Å². The fraction of sp³-hybridized carbons (Fsp3) is 0.889. The van der Waals surface area contributed by atoms with Gasteiger partial charge in [-0.1, -0.05) is 0 Å². The molecule has 13 heavy (non-hydrogen) atoms. The van der Waals surface area contributed by atoms with Crippen molar-refractivity contribution in [2.45, 2.75) is 31.9 Å². The number of piperidine rings is 1. The Morgan fingerprint density at radius 2 is 2.38 bits per heavy atom. The summed E-state index contributed by atoms with van der Waals surface area (Å²) in [4.78, 5) is 12.7. The summed E-state index contributed by atoms with van der Waals surface area (Å²) in [6, 6.07) is -0.391. The van der Waals surface area contributed by atoms with Crippen molar-refractivity contribution in [1.82, 2.24) is 4.90 Å². The lowest BCUT2D eigenvalue weighted by Gasteiger charge is -2.34. The Kier molecular flexibility index (Phi) is 3.69. The van der Waals surface area contributed by atoms with E-state index in [2.05, 4.69) is 0 Å². The molecule has 0 bridgehead atoms. The normalized spacial score (nSPS) is 27.1. The first-order valence-electron chi connectivity index (χ1n) is 4.64. The Morgan fingerprint density at radius 3 is 2.92 bits per heavy atom. The Morgan fingerprint density at radius 1 is 1.69 bits per heavy atom. The van der Waals surface area contributed by atoms with Gasteiger partial charge in [0.15, 0.2) is 0 Å². The van der Waals surface area contributed by atoms with E-state index in [-0.39, 0.29) is 6.10 Å². The van der Waals surface area contributed by atoms with Crippen molar-refractivity contribution in [3.8, 4) is 0 Å². The Labute approximate surface area is 78.5 Å². The molecule has 1 saturated heterocycles. The number of carboxylic acid groups (broad SMARTS) is 1. The number of hydrogen-bond donors (Lipinski definition) is 1. The van der Waals surface area contributed by atoms with Crippen molar-refractivity contribution in [3.05, 3.63) is 0 Å². The van der Waals surface area contributed by atoms with Crippen LogP contribution in [0.4, 0.5) is 0 Å². The zero-order chi connectivity index (χ0) is 9.84. The molecule has 0 radical (unpaired) electrons. The Balaban J connectivity index is 2.46. The maximum atomic E-state index is 10.7. The summed E-state index contributed by atoms with van der Waals surface area (Å²) in [6.45, 7) is 3.33. The number of aliphatic carboxylic acids is 1. The van der Waals surface area contributed by atoms with E-state index in [0.717, 1.165) is 25.9 Å². The summed E-state index contributed by atoms with van der Waals surface area (Å²) in [5, 5.41) is 8.81. The van der Waals surface area contributed by atoms with Gasteiger partial charge < -0.3 is 9.84 Å². The topological polar surface area (TPSA) is 49.8 Å². The van der Waals surface area contributed by atoms with Crippen LogP contribution >= 0.6 is 0 Å². The van der Waals surface area contributed by atoms with E-state index in [4.69, 9.17) is 9.84 Å². The first-order chi connectivity index (χ1) is 6.15. The lowest BCUT2D eigenvalue weighted by molar-refractivity contribution is -0.143. The average Bonchev–Trinajstić information content (AvgIpc) is 2.16. The van der Waals surface area contributed by atoms with E-state index in [9.17, 15) is 4.79 Å². The third-order valence-corrected chi connectivity index (χ3v) is 2.65. The summed E-state index contributed by atoms with van der Waals surface area (Å²) >= 11 is 0. The molecule has 2 atom stereocenters. The van der Waals surface area contributed by atoms with Crippen LogP contribution in [-0.4, -0.2) is 48.3 Å². The molecule has 0 aliphatic carbocycles. The Bertz CT molecular complexity index is 184. The second-order valence-corrected chi connectivity index (χ2v) is 3.51. The van der Waals surface area contributed by atoms with Gasteiger partial charge in [-0.3, -0.25) is 9.69 Å². The third-order valence-electron chi connectivity index (χ3n) is 2.65. The smallest absolute Gasteiger partial charge is 0.320 e. The molecule has 4 nitrogen and oxygen atoms in total. The number of hydrogen-bond acceptors (Lipinski definition) is 3. The molecule has 1 fully saturated rings. The van der Waals surface area contributed by atoms with Crippen molar-refractivity contribution in [2.75, 3.05) is 20.2 Å². The maximum absolute atomic E-state index is 10.7. The molecule has 76 valence electrons. The van der Waals surface area contributed by atoms with Gasteiger partial charge in [0.25, 0.3) is 0 Å². The molecule has 1 aliphatic rings. The van der Waals surface area contributed by atoms with Crippen LogP contribution in [0.3, 0.4) is 0 Å². The van der Waals surface area contributed by atoms with Gasteiger partial charge >= 0.3 is 5.97 Å². The number of likely N-dealkylation sites (tertiary alicyclic amines) is 1. The number of rotatable bonds is 3. The zero-order valence-corrected chi connectivity index (χ0v) is 8.19. The van der Waals surface area contributed by atoms with Crippen LogP contribution in [0.1, 0.15) is 19.8 Å². The monoisotopic (exact) mass is 187 g/mol. The van der Waals surface area contributed by atoms with Crippen LogP contribution < -0.4 is 0 Å². The van der Waals surface area contributed by atoms with Crippen LogP contribution in [0.15, 0.2) is 0 Å². The second kappa shape index (κ2) is 4.58. The molecule has 1 heterocycles. The third kappa shape index (κ3) is 2.67. The largest absolute Gasteiger partial charge is 0.480 e. The molecule has 0 aromatic rings. The van der Waals surface area contributed by atoms with Gasteiger partial charge in [-0.2, -0.15) is 0 Å². The number of nitrogens with zero attached hydrogens (tertiary/aromatic N) is 1. The number of ether oxygens (including phenoxy) is 1. The fourth-order valence-electron chi connectivity index (χ4n) is 1.67. The van der Waals surface area contributed by atoms with E-state index < -0.39 is 12.0 Å². The number of carboxylic acids is 1. The van der Waals surface area contributed by atoms with Gasteiger partial charge in [0, 0.05) is 13.7 Å². The predicted molar refractivity (Wildman–Crippen MR) is 48.7 cm³/mol. The maximum Gasteiger partial charge on any atom is 0.320 e. The van der Waals surface area contributed by atoms with Crippen molar-refractivity contribution in [1.29, 1.82) is 0 Å². The first kappa shape index (κ1) is 10.5. The Hall–Kier alpha value is -0.610. The highest BCUT2D eigenvalue weighted by atomic mass is 16.5. The lowest BCUT2D eigenvalue weighted by Crippen LogP contribution is -2.47. The molecule has 1 N–H and O–H groups in total. The highest BCUT2D eigenvalue weighted by molar-refractivity contribution is 5.72. The molecular formula is C9H17NO3. The molecule has 0 aromatic carbocycles. The summed E-state index contributed by atoms with van der Waals surface area (Å²) in [6.07, 6.45) is 2.27. The lowest BCUT2D eigenvalue weighted by atomic mass is 10.1. The minimum atomic E-state index is -0.753. The van der Waals surface area contributed by atoms with Gasteiger partial charge in [0.1, 0.15) is 6.04 Å². The average molecular weight is 187 g/mol. The van der Waals surface area contributed by atoms with Gasteiger partial charge in [-0.25, -0.2) is 0 Å². The van der Waals surface area contributed by atoms with Gasteiger partial charge in [0.2, 0.25) is 0 Å². The molecule has 0 unspecified atom stereocenters. The van der Waals surface area contributed by atoms with Crippen LogP contribution in [0.25, 0.3) is 0 Å². The van der Waals surface area contributed by atoms with E-state index in [1.807, 2.05) is 4.90 Å². The number of carbonyl (C=O) groups is 1. The van der Waals surface area contributed by atoms with Crippen LogP contribution in [0, 0.1) is 0 Å². The standard InChI is InChI=1S/C9H17NO3/c1-7(9(11)12)10-5-3-4-8(6-10)13-2/h7-8H,3-6H2,1-2H3,(H,11,12)/t7-,8-/m1/s1. The molecule has 4 heteroatoms. The van der Waals surface area contributed by atoms with Crippen LogP contribution in [-0.2, 0) is 9.53 Å². The quantitative estimate of drug-likeness (QED) is 0.701. The predicted octanol–water partition coefficient (Wildman–Crippen LogP) is 0.570. The molecule has 0 aromatic heterocycles. The summed E-state index contributed by atoms with van der Waals surface area (Å²) in [7, 11) is 1.68. The minimum absolute atomic E-state index is 0.204. The summed E-state index contributed by atoms with van der Waals surface area (Å²) in [5.41, 5.74) is 0. The van der Waals surface area contributed by atoms with Crippen LogP contribution in [0.5, 0.6) is 0 Å². The van der Waals surface area contributed by atoms with Gasteiger partial charge in [-0.15, -0.1) is 0 Å². The van der Waals surface area contributed by atoms with Crippen molar-refractivity contribution in [3.63, 3.8) is 0 Å². The van der Waals surface area contributed by atoms with Crippen LogP contribution in [0.2, 0.25) is 0 Å². The molecule has 0 saturated carbocycles. The van der Waals surface area contributed by atoms with E-state index in [1.54, 1.807) is 14.0 Å². The zero-order valence-electron chi connectivity index (χ0n) is 8.19. The van der Waals surface area contributed by atoms with Crippen molar-refractivity contribution in [2.24, 2.45) is 0 Å². The highest BCUT2D eigenvalue weighted by Gasteiger charge is 2.26. The first-order valence-corrected chi connectivity index (χ1v) is 4.64. The molecule has 0 amide bonds. The van der Waals surface area contributed by atoms with Crippen molar-refractivity contribution < 1.29 is 14.6 Å². The van der Waals surface area contributed by atoms with Gasteiger partial charge in [0.05, 0.1) is 6.10 Å². The SMILES string of the molecule is CO[C@@H]1CCCN([C@H](C)C(=O)O)C1. The molecule has 1 aliphatic heterocycles.